The first kappa shape index (κ1) is 17.2. The summed E-state index contributed by atoms with van der Waals surface area (Å²) in [6.07, 6.45) is 6.09. The van der Waals surface area contributed by atoms with Crippen molar-refractivity contribution < 1.29 is 4.79 Å². The van der Waals surface area contributed by atoms with Gasteiger partial charge in [-0.25, -0.2) is 9.97 Å². The van der Waals surface area contributed by atoms with Gasteiger partial charge in [0, 0.05) is 18.1 Å². The molecular weight excluding hydrogens is 344 g/mol. The van der Waals surface area contributed by atoms with Crippen LogP contribution in [0.2, 0.25) is 5.02 Å². The summed E-state index contributed by atoms with van der Waals surface area (Å²) in [5, 5.41) is 4.20. The number of carbonyl (C=O) groups excluding carboxylic acids is 1. The third-order valence-corrected chi connectivity index (χ3v) is 5.61. The van der Waals surface area contributed by atoms with Crippen LogP contribution in [0.5, 0.6) is 0 Å². The number of anilines is 2. The number of likely N-dealkylation sites (N-methyl/N-ethyl adjacent to an activating group) is 1. The number of rotatable bonds is 5. The summed E-state index contributed by atoms with van der Waals surface area (Å²) < 4.78 is 0. The molecule has 2 aromatic heterocycles. The molecule has 0 radical (unpaired) electrons. The smallest absolute Gasteiger partial charge is 0.245 e. The largest absolute Gasteiger partial charge is 0.350 e. The molecule has 0 spiro atoms. The highest BCUT2D eigenvalue weighted by atomic mass is 35.5. The maximum absolute atomic E-state index is 12.3. The molecule has 0 bridgehead atoms. The van der Waals surface area contributed by atoms with Crippen LogP contribution >= 0.6 is 22.9 Å². The van der Waals surface area contributed by atoms with Crippen molar-refractivity contribution in [3.05, 3.63) is 33.9 Å². The number of carbonyl (C=O) groups is 1. The Bertz CT molecular complexity index is 716. The minimum absolute atomic E-state index is 0.0904. The highest BCUT2D eigenvalue weighted by Crippen LogP contribution is 2.33. The number of aryl methyl sites for hydroxylation is 1. The van der Waals surface area contributed by atoms with Crippen LogP contribution in [0.1, 0.15) is 30.3 Å². The molecule has 5 nitrogen and oxygen atoms in total. The van der Waals surface area contributed by atoms with E-state index in [9.17, 15) is 4.79 Å². The first-order chi connectivity index (χ1) is 11.5. The monoisotopic (exact) mass is 364 g/mol. The number of amides is 1. The third-order valence-electron chi connectivity index (χ3n) is 4.35. The van der Waals surface area contributed by atoms with Crippen LogP contribution in [0, 0.1) is 5.92 Å². The Morgan fingerprint density at radius 2 is 2.33 bits per heavy atom. The Labute approximate surface area is 151 Å². The molecule has 7 heteroatoms. The molecule has 0 fully saturated rings. The van der Waals surface area contributed by atoms with Gasteiger partial charge in [0.25, 0.3) is 0 Å². The molecule has 0 unspecified atom stereocenters. The van der Waals surface area contributed by atoms with Gasteiger partial charge in [-0.05, 0) is 37.3 Å². The Hall–Kier alpha value is -1.66. The summed E-state index contributed by atoms with van der Waals surface area (Å²) in [5.41, 5.74) is 1.16. The standard InChI is InChI=1S/C17H21ClN4OS/c1-3-11-4-6-13-14(8-11)24-17(20-13)21-16(23)10-22(2)15-7-5-12(18)9-19-15/h5,7,9,11H,3-4,6,8,10H2,1-2H3,(H,20,21,23)/t11-/m1/s1. The van der Waals surface area contributed by atoms with Crippen LogP contribution in [0.4, 0.5) is 10.9 Å². The molecule has 0 saturated heterocycles. The van der Waals surface area contributed by atoms with Crippen LogP contribution in [0.3, 0.4) is 0 Å². The molecule has 24 heavy (non-hydrogen) atoms. The molecule has 1 atom stereocenters. The van der Waals surface area contributed by atoms with E-state index in [4.69, 9.17) is 11.6 Å². The Morgan fingerprint density at radius 3 is 3.04 bits per heavy atom. The number of hydrogen-bond acceptors (Lipinski definition) is 5. The average Bonchev–Trinajstić information content (AvgIpc) is 2.96. The van der Waals surface area contributed by atoms with E-state index in [0.29, 0.717) is 16.0 Å². The quantitative estimate of drug-likeness (QED) is 0.877. The van der Waals surface area contributed by atoms with E-state index in [1.807, 2.05) is 7.05 Å². The van der Waals surface area contributed by atoms with Gasteiger partial charge < -0.3 is 10.2 Å². The van der Waals surface area contributed by atoms with E-state index in [1.54, 1.807) is 34.6 Å². The van der Waals surface area contributed by atoms with Gasteiger partial charge in [0.05, 0.1) is 17.3 Å². The van der Waals surface area contributed by atoms with E-state index in [1.165, 1.54) is 17.7 Å². The lowest BCUT2D eigenvalue weighted by molar-refractivity contribution is -0.114. The Morgan fingerprint density at radius 1 is 1.50 bits per heavy atom. The fourth-order valence-electron chi connectivity index (χ4n) is 2.89. The number of nitrogens with one attached hydrogen (secondary N) is 1. The normalized spacial score (nSPS) is 16.5. The zero-order valence-electron chi connectivity index (χ0n) is 13.9. The second-order valence-corrected chi connectivity index (χ2v) is 7.66. The first-order valence-electron chi connectivity index (χ1n) is 8.16. The molecule has 0 saturated carbocycles. The van der Waals surface area contributed by atoms with Crippen molar-refractivity contribution in [1.82, 2.24) is 9.97 Å². The fraction of sp³-hybridized carbons (Fsp3) is 0.471. The van der Waals surface area contributed by atoms with E-state index >= 15 is 0 Å². The lowest BCUT2D eigenvalue weighted by Crippen LogP contribution is -2.30. The second-order valence-electron chi connectivity index (χ2n) is 6.14. The van der Waals surface area contributed by atoms with Crippen LogP contribution in [-0.2, 0) is 17.6 Å². The van der Waals surface area contributed by atoms with Gasteiger partial charge in [0.15, 0.2) is 5.13 Å². The lowest BCUT2D eigenvalue weighted by Gasteiger charge is -2.18. The van der Waals surface area contributed by atoms with Crippen molar-refractivity contribution in [2.24, 2.45) is 5.92 Å². The predicted octanol–water partition coefficient (Wildman–Crippen LogP) is 3.78. The highest BCUT2D eigenvalue weighted by molar-refractivity contribution is 7.15. The topological polar surface area (TPSA) is 58.1 Å². The van der Waals surface area contributed by atoms with Crippen molar-refractivity contribution in [2.75, 3.05) is 23.8 Å². The van der Waals surface area contributed by atoms with Crippen molar-refractivity contribution >= 4 is 39.8 Å². The number of nitrogens with zero attached hydrogens (tertiary/aromatic N) is 3. The summed E-state index contributed by atoms with van der Waals surface area (Å²) in [7, 11) is 1.83. The van der Waals surface area contributed by atoms with Gasteiger partial charge >= 0.3 is 0 Å². The van der Waals surface area contributed by atoms with E-state index in [-0.39, 0.29) is 12.5 Å². The molecule has 2 heterocycles. The molecule has 1 aliphatic carbocycles. The minimum atomic E-state index is -0.0904. The maximum Gasteiger partial charge on any atom is 0.245 e. The second kappa shape index (κ2) is 7.49. The summed E-state index contributed by atoms with van der Waals surface area (Å²) in [4.78, 5) is 24.2. The molecule has 0 aromatic carbocycles. The van der Waals surface area contributed by atoms with Crippen molar-refractivity contribution in [3.63, 3.8) is 0 Å². The Kier molecular flexibility index (Phi) is 5.36. The van der Waals surface area contributed by atoms with Crippen LogP contribution < -0.4 is 10.2 Å². The van der Waals surface area contributed by atoms with Gasteiger partial charge in [-0.15, -0.1) is 11.3 Å². The third kappa shape index (κ3) is 4.05. The average molecular weight is 365 g/mol. The molecule has 1 N–H and O–H groups in total. The lowest BCUT2D eigenvalue weighted by atomic mass is 9.89. The zero-order valence-corrected chi connectivity index (χ0v) is 15.5. The Balaban J connectivity index is 1.59. The van der Waals surface area contributed by atoms with E-state index < -0.39 is 0 Å². The highest BCUT2D eigenvalue weighted by Gasteiger charge is 2.22. The fourth-order valence-corrected chi connectivity index (χ4v) is 4.14. The number of halogens is 1. The van der Waals surface area contributed by atoms with Crippen molar-refractivity contribution in [2.45, 2.75) is 32.6 Å². The number of hydrogen-bond donors (Lipinski definition) is 1. The molecular formula is C17H21ClN4OS. The van der Waals surface area contributed by atoms with Gasteiger partial charge in [-0.3, -0.25) is 4.79 Å². The maximum atomic E-state index is 12.3. The molecule has 128 valence electrons. The zero-order chi connectivity index (χ0) is 17.1. The molecule has 0 aliphatic heterocycles. The minimum Gasteiger partial charge on any atom is -0.350 e. The number of pyridine rings is 1. The van der Waals surface area contributed by atoms with Crippen LogP contribution in [0.25, 0.3) is 0 Å². The van der Waals surface area contributed by atoms with Crippen LogP contribution in [0.15, 0.2) is 18.3 Å². The van der Waals surface area contributed by atoms with Gasteiger partial charge in [-0.1, -0.05) is 24.9 Å². The first-order valence-corrected chi connectivity index (χ1v) is 9.35. The molecule has 2 aromatic rings. The summed E-state index contributed by atoms with van der Waals surface area (Å²) in [6, 6.07) is 3.56. The number of fused-ring (bicyclic) bond motifs is 1. The van der Waals surface area contributed by atoms with Crippen LogP contribution in [-0.4, -0.2) is 29.5 Å². The predicted molar refractivity (Wildman–Crippen MR) is 99.1 cm³/mol. The number of aromatic nitrogens is 2. The van der Waals surface area contributed by atoms with Crippen molar-refractivity contribution in [3.8, 4) is 0 Å². The van der Waals surface area contributed by atoms with E-state index in [0.717, 1.165) is 24.5 Å². The van der Waals surface area contributed by atoms with Crippen molar-refractivity contribution in [1.29, 1.82) is 0 Å². The van der Waals surface area contributed by atoms with Gasteiger partial charge in [0.1, 0.15) is 5.82 Å². The summed E-state index contributed by atoms with van der Waals surface area (Å²) in [5.74, 6) is 1.37. The van der Waals surface area contributed by atoms with E-state index in [2.05, 4.69) is 22.2 Å². The summed E-state index contributed by atoms with van der Waals surface area (Å²) >= 11 is 7.45. The molecule has 3 rings (SSSR count). The SMILES string of the molecule is CC[C@@H]1CCc2nc(NC(=O)CN(C)c3ccc(Cl)cn3)sc2C1. The molecule has 1 amide bonds. The number of thiazole rings is 1. The molecule has 1 aliphatic rings. The van der Waals surface area contributed by atoms with Gasteiger partial charge in [0.2, 0.25) is 5.91 Å². The van der Waals surface area contributed by atoms with Gasteiger partial charge in [-0.2, -0.15) is 0 Å². The summed E-state index contributed by atoms with van der Waals surface area (Å²) in [6.45, 7) is 2.45.